The molecular formula is C21H21FN6O. The molecule has 0 spiro atoms. The first-order valence-corrected chi connectivity index (χ1v) is 9.76. The number of likely N-dealkylation sites (tertiary alicyclic amines) is 1. The molecule has 0 aliphatic carbocycles. The standard InChI is InChI=1S/C21H21FN6O/c22-17-4-1-5-18(8-17)24-21(29)20-26-25-19-7-15-11-27(12-16(15)13-28(19)20)10-14-3-2-6-23-9-14/h1-6,8-9,15-16H,7,10-13H2,(H,24,29)/t15-,16+/m1/s1. The molecule has 1 N–H and O–H groups in total. The molecule has 1 amide bonds. The summed E-state index contributed by atoms with van der Waals surface area (Å²) in [5.74, 6) is 1.34. The molecule has 148 valence electrons. The van der Waals surface area contributed by atoms with Crippen molar-refractivity contribution >= 4 is 11.6 Å². The van der Waals surface area contributed by atoms with E-state index in [4.69, 9.17) is 0 Å². The van der Waals surface area contributed by atoms with Gasteiger partial charge in [0.05, 0.1) is 0 Å². The molecule has 1 aromatic carbocycles. The van der Waals surface area contributed by atoms with Crippen LogP contribution < -0.4 is 5.32 Å². The van der Waals surface area contributed by atoms with Crippen LogP contribution in [0.1, 0.15) is 22.0 Å². The first-order chi connectivity index (χ1) is 14.2. The third-order valence-electron chi connectivity index (χ3n) is 5.76. The van der Waals surface area contributed by atoms with E-state index in [9.17, 15) is 9.18 Å². The zero-order valence-corrected chi connectivity index (χ0v) is 15.8. The minimum Gasteiger partial charge on any atom is -0.319 e. The van der Waals surface area contributed by atoms with Crippen LogP contribution in [0.15, 0.2) is 48.8 Å². The van der Waals surface area contributed by atoms with Crippen LogP contribution >= 0.6 is 0 Å². The zero-order valence-electron chi connectivity index (χ0n) is 15.8. The molecule has 1 fully saturated rings. The fraction of sp³-hybridized carbons (Fsp3) is 0.333. The van der Waals surface area contributed by atoms with Crippen molar-refractivity contribution in [2.75, 3.05) is 18.4 Å². The molecule has 2 aliphatic rings. The highest BCUT2D eigenvalue weighted by atomic mass is 19.1. The third-order valence-corrected chi connectivity index (χ3v) is 5.76. The Balaban J connectivity index is 1.29. The van der Waals surface area contributed by atoms with Crippen LogP contribution in [0.25, 0.3) is 0 Å². The maximum Gasteiger partial charge on any atom is 0.293 e. The van der Waals surface area contributed by atoms with Crippen LogP contribution in [0.3, 0.4) is 0 Å². The molecule has 0 saturated carbocycles. The zero-order chi connectivity index (χ0) is 19.8. The van der Waals surface area contributed by atoms with Gasteiger partial charge in [0.15, 0.2) is 0 Å². The van der Waals surface area contributed by atoms with Gasteiger partial charge in [-0.15, -0.1) is 10.2 Å². The van der Waals surface area contributed by atoms with Crippen molar-refractivity contribution in [1.82, 2.24) is 24.6 Å². The van der Waals surface area contributed by atoms with Crippen molar-refractivity contribution in [1.29, 1.82) is 0 Å². The Morgan fingerprint density at radius 3 is 2.86 bits per heavy atom. The number of carbonyl (C=O) groups excluding carboxylic acids is 1. The number of hydrogen-bond donors (Lipinski definition) is 1. The number of aromatic nitrogens is 4. The average Bonchev–Trinajstić information content (AvgIpc) is 3.29. The largest absolute Gasteiger partial charge is 0.319 e. The fourth-order valence-electron chi connectivity index (χ4n) is 4.42. The van der Waals surface area contributed by atoms with Crippen molar-refractivity contribution in [3.63, 3.8) is 0 Å². The lowest BCUT2D eigenvalue weighted by molar-refractivity contribution is 0.100. The van der Waals surface area contributed by atoms with E-state index in [0.717, 1.165) is 38.4 Å². The summed E-state index contributed by atoms with van der Waals surface area (Å²) < 4.78 is 15.3. The van der Waals surface area contributed by atoms with Gasteiger partial charge in [-0.1, -0.05) is 12.1 Å². The average molecular weight is 392 g/mol. The monoisotopic (exact) mass is 392 g/mol. The molecule has 0 bridgehead atoms. The maximum atomic E-state index is 13.4. The fourth-order valence-corrected chi connectivity index (χ4v) is 4.42. The Hall–Kier alpha value is -3.13. The van der Waals surface area contributed by atoms with Gasteiger partial charge in [-0.2, -0.15) is 0 Å². The second kappa shape index (κ2) is 7.36. The van der Waals surface area contributed by atoms with Gasteiger partial charge in [0.1, 0.15) is 11.6 Å². The number of fused-ring (bicyclic) bond motifs is 2. The second-order valence-electron chi connectivity index (χ2n) is 7.79. The lowest BCUT2D eigenvalue weighted by Gasteiger charge is -2.25. The number of halogens is 1. The number of anilines is 1. The predicted molar refractivity (Wildman–Crippen MR) is 105 cm³/mol. The number of carbonyl (C=O) groups is 1. The first-order valence-electron chi connectivity index (χ1n) is 9.76. The number of nitrogens with one attached hydrogen (secondary N) is 1. The molecule has 7 nitrogen and oxygen atoms in total. The van der Waals surface area contributed by atoms with Crippen molar-refractivity contribution in [2.45, 2.75) is 19.5 Å². The SMILES string of the molecule is O=C(Nc1cccc(F)c1)c1nnc2n1C[C@@H]1CN(Cc3cccnc3)C[C@H]1C2. The lowest BCUT2D eigenvalue weighted by Crippen LogP contribution is -2.31. The summed E-state index contributed by atoms with van der Waals surface area (Å²) in [4.78, 5) is 19.3. The molecule has 8 heteroatoms. The summed E-state index contributed by atoms with van der Waals surface area (Å²) in [6, 6.07) is 9.89. The molecule has 5 rings (SSSR count). The Bertz CT molecular complexity index is 1040. The van der Waals surface area contributed by atoms with Gasteiger partial charge >= 0.3 is 0 Å². The van der Waals surface area contributed by atoms with E-state index >= 15 is 0 Å². The molecule has 0 radical (unpaired) electrons. The highest BCUT2D eigenvalue weighted by molar-refractivity contribution is 6.01. The normalized spacial score (nSPS) is 20.9. The maximum absolute atomic E-state index is 13.4. The van der Waals surface area contributed by atoms with E-state index in [-0.39, 0.29) is 11.7 Å². The topological polar surface area (TPSA) is 75.9 Å². The van der Waals surface area contributed by atoms with E-state index in [1.165, 1.54) is 17.7 Å². The second-order valence-corrected chi connectivity index (χ2v) is 7.79. The van der Waals surface area contributed by atoms with Gasteiger partial charge in [-0.05, 0) is 41.7 Å². The summed E-state index contributed by atoms with van der Waals surface area (Å²) >= 11 is 0. The quantitative estimate of drug-likeness (QED) is 0.738. The van der Waals surface area contributed by atoms with E-state index in [0.29, 0.717) is 17.5 Å². The molecule has 4 heterocycles. The molecule has 3 aromatic rings. The Morgan fingerprint density at radius 2 is 2.03 bits per heavy atom. The van der Waals surface area contributed by atoms with Crippen molar-refractivity contribution < 1.29 is 9.18 Å². The Morgan fingerprint density at radius 1 is 1.14 bits per heavy atom. The minimum absolute atomic E-state index is 0.286. The Kier molecular flexibility index (Phi) is 4.55. The van der Waals surface area contributed by atoms with Gasteiger partial charge in [0.25, 0.3) is 5.91 Å². The van der Waals surface area contributed by atoms with Gasteiger partial charge in [-0.3, -0.25) is 14.7 Å². The van der Waals surface area contributed by atoms with E-state index in [2.05, 4.69) is 31.5 Å². The van der Waals surface area contributed by atoms with E-state index in [1.54, 1.807) is 18.3 Å². The van der Waals surface area contributed by atoms with Crippen LogP contribution in [-0.2, 0) is 19.5 Å². The van der Waals surface area contributed by atoms with Gasteiger partial charge in [0, 0.05) is 50.7 Å². The number of pyridine rings is 1. The lowest BCUT2D eigenvalue weighted by atomic mass is 9.89. The molecule has 2 aromatic heterocycles. The summed E-state index contributed by atoms with van der Waals surface area (Å²) in [5.41, 5.74) is 1.62. The molecule has 29 heavy (non-hydrogen) atoms. The van der Waals surface area contributed by atoms with E-state index < -0.39 is 5.82 Å². The van der Waals surface area contributed by atoms with Crippen molar-refractivity contribution in [3.8, 4) is 0 Å². The van der Waals surface area contributed by atoms with Gasteiger partial charge in [0.2, 0.25) is 5.82 Å². The number of amides is 1. The predicted octanol–water partition coefficient (Wildman–Crippen LogP) is 2.37. The number of benzene rings is 1. The minimum atomic E-state index is -0.395. The molecule has 0 unspecified atom stereocenters. The molecule has 1 saturated heterocycles. The summed E-state index contributed by atoms with van der Waals surface area (Å²) in [5, 5.41) is 11.1. The van der Waals surface area contributed by atoms with Gasteiger partial charge < -0.3 is 9.88 Å². The number of nitrogens with zero attached hydrogens (tertiary/aromatic N) is 5. The van der Waals surface area contributed by atoms with Crippen LogP contribution in [0.5, 0.6) is 0 Å². The highest BCUT2D eigenvalue weighted by Gasteiger charge is 2.39. The van der Waals surface area contributed by atoms with Crippen molar-refractivity contribution in [3.05, 3.63) is 71.8 Å². The summed E-state index contributed by atoms with van der Waals surface area (Å²) in [6.07, 6.45) is 4.51. The highest BCUT2D eigenvalue weighted by Crippen LogP contribution is 2.33. The Labute approximate surface area is 167 Å². The number of hydrogen-bond acceptors (Lipinski definition) is 5. The van der Waals surface area contributed by atoms with Crippen LogP contribution in [-0.4, -0.2) is 43.6 Å². The van der Waals surface area contributed by atoms with Crippen LogP contribution in [0.4, 0.5) is 10.1 Å². The summed E-state index contributed by atoms with van der Waals surface area (Å²) in [7, 11) is 0. The van der Waals surface area contributed by atoms with Crippen LogP contribution in [0.2, 0.25) is 0 Å². The van der Waals surface area contributed by atoms with Gasteiger partial charge in [-0.25, -0.2) is 4.39 Å². The smallest absolute Gasteiger partial charge is 0.293 e. The summed E-state index contributed by atoms with van der Waals surface area (Å²) in [6.45, 7) is 3.59. The van der Waals surface area contributed by atoms with E-state index in [1.807, 2.05) is 16.8 Å². The third kappa shape index (κ3) is 3.63. The molecular weight excluding hydrogens is 371 g/mol. The first kappa shape index (κ1) is 17.9. The molecule has 2 atom stereocenters. The number of rotatable bonds is 4. The molecule has 2 aliphatic heterocycles. The van der Waals surface area contributed by atoms with Crippen LogP contribution in [0, 0.1) is 17.7 Å². The van der Waals surface area contributed by atoms with Crippen molar-refractivity contribution in [2.24, 2.45) is 11.8 Å².